The van der Waals surface area contributed by atoms with Crippen molar-refractivity contribution < 1.29 is 14.3 Å². The molecule has 4 nitrogen and oxygen atoms in total. The minimum atomic E-state index is -0.311. The lowest BCUT2D eigenvalue weighted by molar-refractivity contribution is -0.0295. The lowest BCUT2D eigenvalue weighted by Gasteiger charge is -2.33. The lowest BCUT2D eigenvalue weighted by Crippen LogP contribution is -2.47. The SMILES string of the molecule is COC(=O)N1C(OC)CCC1(C)C. The molecule has 0 spiro atoms. The third-order valence-electron chi connectivity index (χ3n) is 2.59. The highest BCUT2D eigenvalue weighted by molar-refractivity contribution is 5.69. The molecule has 1 unspecified atom stereocenters. The van der Waals surface area contributed by atoms with E-state index in [1.807, 2.05) is 13.8 Å². The number of carbonyl (C=O) groups excluding carboxylic acids is 1. The molecule has 1 atom stereocenters. The third-order valence-corrected chi connectivity index (χ3v) is 2.59. The van der Waals surface area contributed by atoms with Crippen molar-refractivity contribution in [3.63, 3.8) is 0 Å². The van der Waals surface area contributed by atoms with Gasteiger partial charge in [0.2, 0.25) is 0 Å². The van der Waals surface area contributed by atoms with Crippen LogP contribution in [0.4, 0.5) is 4.79 Å². The predicted octanol–water partition coefficient (Wildman–Crippen LogP) is 1.60. The number of hydrogen-bond acceptors (Lipinski definition) is 3. The lowest BCUT2D eigenvalue weighted by atomic mass is 10.0. The Kier molecular flexibility index (Phi) is 2.81. The summed E-state index contributed by atoms with van der Waals surface area (Å²) in [6.07, 6.45) is 1.37. The van der Waals surface area contributed by atoms with E-state index in [9.17, 15) is 4.79 Å². The Hall–Kier alpha value is -0.770. The first-order chi connectivity index (χ1) is 6.03. The van der Waals surface area contributed by atoms with Crippen molar-refractivity contribution in [2.24, 2.45) is 0 Å². The van der Waals surface area contributed by atoms with Crippen LogP contribution >= 0.6 is 0 Å². The van der Waals surface area contributed by atoms with E-state index in [4.69, 9.17) is 9.47 Å². The fraction of sp³-hybridized carbons (Fsp3) is 0.889. The van der Waals surface area contributed by atoms with Crippen molar-refractivity contribution in [1.29, 1.82) is 0 Å². The van der Waals surface area contributed by atoms with Crippen LogP contribution < -0.4 is 0 Å². The van der Waals surface area contributed by atoms with E-state index in [2.05, 4.69) is 0 Å². The topological polar surface area (TPSA) is 38.8 Å². The van der Waals surface area contributed by atoms with Crippen LogP contribution in [-0.2, 0) is 9.47 Å². The molecule has 0 saturated carbocycles. The van der Waals surface area contributed by atoms with Crippen molar-refractivity contribution in [1.82, 2.24) is 4.90 Å². The third kappa shape index (κ3) is 1.77. The Bertz CT molecular complexity index is 203. The number of carbonyl (C=O) groups is 1. The van der Waals surface area contributed by atoms with Crippen LogP contribution in [0.1, 0.15) is 26.7 Å². The highest BCUT2D eigenvalue weighted by Gasteiger charge is 2.43. The average Bonchev–Trinajstić information content (AvgIpc) is 2.39. The molecule has 0 bridgehead atoms. The normalized spacial score (nSPS) is 26.2. The van der Waals surface area contributed by atoms with E-state index in [1.165, 1.54) is 7.11 Å². The standard InChI is InChI=1S/C9H17NO3/c1-9(2)6-5-7(12-3)10(9)8(11)13-4/h7H,5-6H2,1-4H3. The second kappa shape index (κ2) is 3.54. The zero-order valence-corrected chi connectivity index (χ0v) is 8.66. The van der Waals surface area contributed by atoms with Gasteiger partial charge in [0.15, 0.2) is 0 Å². The van der Waals surface area contributed by atoms with Gasteiger partial charge in [0, 0.05) is 12.6 Å². The molecule has 0 aromatic heterocycles. The van der Waals surface area contributed by atoms with Gasteiger partial charge < -0.3 is 9.47 Å². The number of hydrogen-bond donors (Lipinski definition) is 0. The summed E-state index contributed by atoms with van der Waals surface area (Å²) < 4.78 is 9.92. The van der Waals surface area contributed by atoms with Crippen molar-refractivity contribution >= 4 is 6.09 Å². The van der Waals surface area contributed by atoms with E-state index in [1.54, 1.807) is 12.0 Å². The van der Waals surface area contributed by atoms with Gasteiger partial charge in [-0.3, -0.25) is 4.90 Å². The first-order valence-corrected chi connectivity index (χ1v) is 4.43. The minimum absolute atomic E-state index is 0.137. The van der Waals surface area contributed by atoms with Gasteiger partial charge in [-0.2, -0.15) is 0 Å². The van der Waals surface area contributed by atoms with Gasteiger partial charge in [0.1, 0.15) is 6.23 Å². The molecule has 1 fully saturated rings. The summed E-state index contributed by atoms with van der Waals surface area (Å²) in [6.45, 7) is 4.03. The first-order valence-electron chi connectivity index (χ1n) is 4.43. The summed E-state index contributed by atoms with van der Waals surface area (Å²) in [5.41, 5.74) is -0.159. The number of likely N-dealkylation sites (tertiary alicyclic amines) is 1. The van der Waals surface area contributed by atoms with Gasteiger partial charge in [-0.25, -0.2) is 4.79 Å². The molecule has 4 heteroatoms. The van der Waals surface area contributed by atoms with Crippen molar-refractivity contribution in [2.45, 2.75) is 38.5 Å². The van der Waals surface area contributed by atoms with Gasteiger partial charge in [-0.1, -0.05) is 0 Å². The predicted molar refractivity (Wildman–Crippen MR) is 48.4 cm³/mol. The summed E-state index contributed by atoms with van der Waals surface area (Å²) in [5.74, 6) is 0. The Morgan fingerprint density at radius 2 is 2.08 bits per heavy atom. The molecule has 0 N–H and O–H groups in total. The monoisotopic (exact) mass is 187 g/mol. The molecule has 1 aliphatic heterocycles. The molecular weight excluding hydrogens is 170 g/mol. The summed E-state index contributed by atoms with van der Waals surface area (Å²) in [5, 5.41) is 0. The maximum atomic E-state index is 11.4. The van der Waals surface area contributed by atoms with Crippen molar-refractivity contribution in [3.8, 4) is 0 Å². The van der Waals surface area contributed by atoms with Crippen molar-refractivity contribution in [2.75, 3.05) is 14.2 Å². The van der Waals surface area contributed by atoms with Crippen molar-refractivity contribution in [3.05, 3.63) is 0 Å². The molecule has 13 heavy (non-hydrogen) atoms. The van der Waals surface area contributed by atoms with Gasteiger partial charge in [-0.05, 0) is 26.7 Å². The summed E-state index contributed by atoms with van der Waals surface area (Å²) in [6, 6.07) is 0. The van der Waals surface area contributed by atoms with Gasteiger partial charge in [0.05, 0.1) is 7.11 Å². The number of ether oxygens (including phenoxy) is 2. The van der Waals surface area contributed by atoms with Crippen LogP contribution in [0.3, 0.4) is 0 Å². The second-order valence-corrected chi connectivity index (χ2v) is 3.88. The molecule has 1 aliphatic rings. The van der Waals surface area contributed by atoms with E-state index in [-0.39, 0.29) is 17.9 Å². The smallest absolute Gasteiger partial charge is 0.412 e. The van der Waals surface area contributed by atoms with Crippen LogP contribution in [0.25, 0.3) is 0 Å². The van der Waals surface area contributed by atoms with Crippen LogP contribution in [0, 0.1) is 0 Å². The molecule has 1 heterocycles. The molecule has 1 amide bonds. The number of rotatable bonds is 1. The second-order valence-electron chi connectivity index (χ2n) is 3.88. The Morgan fingerprint density at radius 1 is 1.46 bits per heavy atom. The highest BCUT2D eigenvalue weighted by atomic mass is 16.6. The molecule has 0 radical (unpaired) electrons. The molecule has 76 valence electrons. The number of nitrogens with zero attached hydrogens (tertiary/aromatic N) is 1. The van der Waals surface area contributed by atoms with Gasteiger partial charge >= 0.3 is 6.09 Å². The highest BCUT2D eigenvalue weighted by Crippen LogP contribution is 2.33. The van der Waals surface area contributed by atoms with Gasteiger partial charge in [-0.15, -0.1) is 0 Å². The first kappa shape index (κ1) is 10.3. The fourth-order valence-electron chi connectivity index (χ4n) is 1.80. The molecule has 0 aromatic carbocycles. The van der Waals surface area contributed by atoms with E-state index in [0.717, 1.165) is 12.8 Å². The van der Waals surface area contributed by atoms with Crippen LogP contribution in [0.2, 0.25) is 0 Å². The maximum absolute atomic E-state index is 11.4. The quantitative estimate of drug-likeness (QED) is 0.626. The Balaban J connectivity index is 2.80. The Labute approximate surface area is 78.8 Å². The molecule has 1 rings (SSSR count). The van der Waals surface area contributed by atoms with E-state index >= 15 is 0 Å². The minimum Gasteiger partial charge on any atom is -0.453 e. The van der Waals surface area contributed by atoms with E-state index in [0.29, 0.717) is 0 Å². The zero-order chi connectivity index (χ0) is 10.1. The summed E-state index contributed by atoms with van der Waals surface area (Å²) >= 11 is 0. The molecular formula is C9H17NO3. The molecule has 0 aromatic rings. The summed E-state index contributed by atoms with van der Waals surface area (Å²) in [4.78, 5) is 13.1. The maximum Gasteiger partial charge on any atom is 0.412 e. The van der Waals surface area contributed by atoms with E-state index < -0.39 is 0 Å². The van der Waals surface area contributed by atoms with Crippen LogP contribution in [0.5, 0.6) is 0 Å². The van der Waals surface area contributed by atoms with Crippen LogP contribution in [0.15, 0.2) is 0 Å². The summed E-state index contributed by atoms with van der Waals surface area (Å²) in [7, 11) is 3.01. The Morgan fingerprint density at radius 3 is 2.54 bits per heavy atom. The molecule has 1 saturated heterocycles. The number of methoxy groups -OCH3 is 2. The zero-order valence-electron chi connectivity index (χ0n) is 8.66. The van der Waals surface area contributed by atoms with Crippen LogP contribution in [-0.4, -0.2) is 37.0 Å². The largest absolute Gasteiger partial charge is 0.453 e. The van der Waals surface area contributed by atoms with Gasteiger partial charge in [0.25, 0.3) is 0 Å². The average molecular weight is 187 g/mol. The molecule has 0 aliphatic carbocycles. The fourth-order valence-corrected chi connectivity index (χ4v) is 1.80. The number of amides is 1.